The van der Waals surface area contributed by atoms with Crippen molar-refractivity contribution in [2.45, 2.75) is 57.6 Å². The van der Waals surface area contributed by atoms with Gasteiger partial charge in [-0.1, -0.05) is 6.08 Å². The van der Waals surface area contributed by atoms with Crippen LogP contribution in [0.15, 0.2) is 12.2 Å². The molecule has 0 atom stereocenters. The Balaban J connectivity index is 2.50. The highest BCUT2D eigenvalue weighted by Crippen LogP contribution is 2.35. The topological polar surface area (TPSA) is 75.6 Å². The van der Waals surface area contributed by atoms with Crippen LogP contribution in [-0.4, -0.2) is 28.3 Å². The Labute approximate surface area is 107 Å². The van der Waals surface area contributed by atoms with Crippen molar-refractivity contribution in [3.63, 3.8) is 0 Å². The maximum atomic E-state index is 11.7. The summed E-state index contributed by atoms with van der Waals surface area (Å²) >= 11 is 0. The number of carboxylic acids is 1. The van der Waals surface area contributed by atoms with Crippen LogP contribution in [0.3, 0.4) is 0 Å². The lowest BCUT2D eigenvalue weighted by Crippen LogP contribution is -2.54. The van der Waals surface area contributed by atoms with Gasteiger partial charge in [-0.2, -0.15) is 0 Å². The second-order valence-corrected chi connectivity index (χ2v) is 5.71. The molecule has 0 aliphatic heterocycles. The molecule has 2 N–H and O–H groups in total. The third-order valence-corrected chi connectivity index (χ3v) is 2.85. The highest BCUT2D eigenvalue weighted by Gasteiger charge is 2.38. The fraction of sp³-hybridized carbons (Fsp3) is 0.692. The molecule has 0 saturated heterocycles. The molecule has 0 radical (unpaired) electrons. The second-order valence-electron chi connectivity index (χ2n) is 5.71. The molecule has 18 heavy (non-hydrogen) atoms. The van der Waals surface area contributed by atoms with E-state index >= 15 is 0 Å². The highest BCUT2D eigenvalue weighted by molar-refractivity contribution is 5.79. The minimum Gasteiger partial charge on any atom is -0.478 e. The Bertz CT molecular complexity index is 350. The summed E-state index contributed by atoms with van der Waals surface area (Å²) in [5, 5.41) is 11.4. The molecule has 0 heterocycles. The summed E-state index contributed by atoms with van der Waals surface area (Å²) < 4.78 is 5.21. The quantitative estimate of drug-likeness (QED) is 0.757. The molecule has 0 bridgehead atoms. The molecule has 0 unspecified atom stereocenters. The third kappa shape index (κ3) is 4.77. The van der Waals surface area contributed by atoms with Crippen molar-refractivity contribution in [1.82, 2.24) is 5.32 Å². The molecule has 1 saturated carbocycles. The molecule has 1 aliphatic rings. The van der Waals surface area contributed by atoms with Gasteiger partial charge in [-0.05, 0) is 46.5 Å². The summed E-state index contributed by atoms with van der Waals surface area (Å²) in [6.45, 7) is 5.43. The lowest BCUT2D eigenvalue weighted by atomic mass is 9.74. The van der Waals surface area contributed by atoms with Crippen molar-refractivity contribution in [2.24, 2.45) is 0 Å². The van der Waals surface area contributed by atoms with Crippen LogP contribution in [-0.2, 0) is 9.53 Å². The number of carbonyl (C=O) groups excluding carboxylic acids is 1. The number of hydrogen-bond acceptors (Lipinski definition) is 3. The van der Waals surface area contributed by atoms with Crippen molar-refractivity contribution >= 4 is 12.1 Å². The van der Waals surface area contributed by atoms with Gasteiger partial charge in [0, 0.05) is 11.6 Å². The lowest BCUT2D eigenvalue weighted by molar-refractivity contribution is -0.131. The number of carboxylic acid groups (broad SMARTS) is 1. The van der Waals surface area contributed by atoms with E-state index in [0.29, 0.717) is 6.42 Å². The summed E-state index contributed by atoms with van der Waals surface area (Å²) in [4.78, 5) is 22.1. The van der Waals surface area contributed by atoms with Gasteiger partial charge in [-0.15, -0.1) is 0 Å². The first-order chi connectivity index (χ1) is 8.22. The molecular weight excluding hydrogens is 234 g/mol. The van der Waals surface area contributed by atoms with Crippen LogP contribution in [0.5, 0.6) is 0 Å². The largest absolute Gasteiger partial charge is 0.478 e. The molecular formula is C13H21NO4. The first-order valence-corrected chi connectivity index (χ1v) is 6.13. The number of carbonyl (C=O) groups is 2. The van der Waals surface area contributed by atoms with Gasteiger partial charge < -0.3 is 15.2 Å². The predicted octanol–water partition coefficient (Wildman–Crippen LogP) is 2.46. The average Bonchev–Trinajstić information content (AvgIpc) is 2.09. The van der Waals surface area contributed by atoms with E-state index in [0.717, 1.165) is 25.3 Å². The van der Waals surface area contributed by atoms with E-state index < -0.39 is 17.7 Å². The summed E-state index contributed by atoms with van der Waals surface area (Å²) in [6.07, 6.45) is 5.53. The summed E-state index contributed by atoms with van der Waals surface area (Å²) in [7, 11) is 0. The molecule has 1 aliphatic carbocycles. The summed E-state index contributed by atoms with van der Waals surface area (Å²) in [5.41, 5.74) is -0.847. The molecule has 5 nitrogen and oxygen atoms in total. The molecule has 102 valence electrons. The fourth-order valence-corrected chi connectivity index (χ4v) is 1.89. The van der Waals surface area contributed by atoms with E-state index in [4.69, 9.17) is 9.84 Å². The number of nitrogens with one attached hydrogen (secondary N) is 1. The average molecular weight is 255 g/mol. The molecule has 0 aromatic carbocycles. The normalized spacial score (nSPS) is 18.2. The zero-order valence-electron chi connectivity index (χ0n) is 11.2. The number of aliphatic carboxylic acids is 1. The van der Waals surface area contributed by atoms with Crippen LogP contribution in [0, 0.1) is 0 Å². The van der Waals surface area contributed by atoms with Crippen molar-refractivity contribution in [2.75, 3.05) is 0 Å². The standard InChI is InChI=1S/C13H21NO4/c1-12(2,3)18-11(17)14-13(8-5-9-13)7-4-6-10(15)16/h4,6H,5,7-9H2,1-3H3,(H,14,17)(H,15,16). The third-order valence-electron chi connectivity index (χ3n) is 2.85. The Morgan fingerprint density at radius 2 is 2.00 bits per heavy atom. The molecule has 0 spiro atoms. The van der Waals surface area contributed by atoms with Gasteiger partial charge in [0.15, 0.2) is 0 Å². The Kier molecular flexibility index (Phi) is 4.38. The summed E-state index contributed by atoms with van der Waals surface area (Å²) in [6, 6.07) is 0. The SMILES string of the molecule is CC(C)(C)OC(=O)NC1(CC=CC(=O)O)CCC1. The zero-order chi connectivity index (χ0) is 13.8. The second kappa shape index (κ2) is 5.42. The van der Waals surface area contributed by atoms with E-state index in [9.17, 15) is 9.59 Å². The van der Waals surface area contributed by atoms with E-state index in [2.05, 4.69) is 5.32 Å². The maximum Gasteiger partial charge on any atom is 0.408 e. The monoisotopic (exact) mass is 255 g/mol. The number of hydrogen-bond donors (Lipinski definition) is 2. The highest BCUT2D eigenvalue weighted by atomic mass is 16.6. The number of amides is 1. The molecule has 1 fully saturated rings. The Morgan fingerprint density at radius 3 is 2.39 bits per heavy atom. The van der Waals surface area contributed by atoms with Gasteiger partial charge in [0.25, 0.3) is 0 Å². The van der Waals surface area contributed by atoms with Crippen molar-refractivity contribution in [1.29, 1.82) is 0 Å². The van der Waals surface area contributed by atoms with E-state index in [1.54, 1.807) is 6.08 Å². The molecule has 1 amide bonds. The summed E-state index contributed by atoms with van der Waals surface area (Å²) in [5.74, 6) is -0.971. The number of rotatable bonds is 4. The van der Waals surface area contributed by atoms with Crippen molar-refractivity contribution < 1.29 is 19.4 Å². The Hall–Kier alpha value is -1.52. The van der Waals surface area contributed by atoms with Gasteiger partial charge in [-0.3, -0.25) is 0 Å². The molecule has 1 rings (SSSR count). The van der Waals surface area contributed by atoms with Gasteiger partial charge in [0.2, 0.25) is 0 Å². The fourth-order valence-electron chi connectivity index (χ4n) is 1.89. The van der Waals surface area contributed by atoms with Gasteiger partial charge in [0.1, 0.15) is 5.60 Å². The number of ether oxygens (including phenoxy) is 1. The van der Waals surface area contributed by atoms with Crippen LogP contribution < -0.4 is 5.32 Å². The van der Waals surface area contributed by atoms with Gasteiger partial charge in [0.05, 0.1) is 0 Å². The lowest BCUT2D eigenvalue weighted by Gasteiger charge is -2.42. The van der Waals surface area contributed by atoms with Crippen molar-refractivity contribution in [3.8, 4) is 0 Å². The zero-order valence-corrected chi connectivity index (χ0v) is 11.2. The minimum atomic E-state index is -0.971. The van der Waals surface area contributed by atoms with Crippen molar-refractivity contribution in [3.05, 3.63) is 12.2 Å². The smallest absolute Gasteiger partial charge is 0.408 e. The van der Waals surface area contributed by atoms with Crippen LogP contribution in [0.25, 0.3) is 0 Å². The van der Waals surface area contributed by atoms with Crippen LogP contribution in [0.4, 0.5) is 4.79 Å². The van der Waals surface area contributed by atoms with E-state index in [-0.39, 0.29) is 5.54 Å². The number of alkyl carbamates (subject to hydrolysis) is 1. The maximum absolute atomic E-state index is 11.7. The minimum absolute atomic E-state index is 0.325. The first kappa shape index (κ1) is 14.5. The van der Waals surface area contributed by atoms with Crippen LogP contribution >= 0.6 is 0 Å². The van der Waals surface area contributed by atoms with Crippen LogP contribution in [0.2, 0.25) is 0 Å². The molecule has 5 heteroatoms. The van der Waals surface area contributed by atoms with Crippen LogP contribution in [0.1, 0.15) is 46.5 Å². The van der Waals surface area contributed by atoms with E-state index in [1.165, 1.54) is 0 Å². The first-order valence-electron chi connectivity index (χ1n) is 6.13. The Morgan fingerprint density at radius 1 is 1.39 bits per heavy atom. The van der Waals surface area contributed by atoms with E-state index in [1.807, 2.05) is 20.8 Å². The molecule has 0 aromatic heterocycles. The van der Waals surface area contributed by atoms with Gasteiger partial charge >= 0.3 is 12.1 Å². The van der Waals surface area contributed by atoms with Gasteiger partial charge in [-0.25, -0.2) is 9.59 Å². The predicted molar refractivity (Wildman–Crippen MR) is 67.3 cm³/mol. The molecule has 0 aromatic rings.